The van der Waals surface area contributed by atoms with Crippen molar-refractivity contribution >= 4 is 21.4 Å². The molecule has 2 aromatic rings. The number of benzene rings is 1. The molecule has 2 heterocycles. The molecule has 1 aliphatic heterocycles. The Kier molecular flexibility index (Phi) is 4.91. The summed E-state index contributed by atoms with van der Waals surface area (Å²) in [7, 11) is 0. The number of aliphatic hydroxyl groups excluding tert-OH is 1. The lowest BCUT2D eigenvalue weighted by Gasteiger charge is -2.30. The van der Waals surface area contributed by atoms with E-state index in [4.69, 9.17) is 0 Å². The Bertz CT molecular complexity index is 544. The molecule has 1 aromatic carbocycles. The number of aliphatic hydroxyl groups is 1. The summed E-state index contributed by atoms with van der Waals surface area (Å²) in [5.74, 6) is 0. The van der Waals surface area contributed by atoms with Crippen LogP contribution in [-0.4, -0.2) is 42.3 Å². The van der Waals surface area contributed by atoms with Crippen LogP contribution in [0, 0.1) is 0 Å². The number of fused-ring (bicyclic) bond motifs is 1. The van der Waals surface area contributed by atoms with Crippen LogP contribution < -0.4 is 5.32 Å². The molecule has 0 aliphatic carbocycles. The summed E-state index contributed by atoms with van der Waals surface area (Å²) >= 11 is 1.87. The monoisotopic (exact) mass is 304 g/mol. The first kappa shape index (κ1) is 15.0. The normalized spacial score (nSPS) is 20.4. The quantitative estimate of drug-likeness (QED) is 0.861. The fraction of sp³-hybridized carbons (Fsp3) is 0.529. The number of nitrogens with zero attached hydrogens (tertiary/aromatic N) is 1. The molecule has 21 heavy (non-hydrogen) atoms. The molecule has 114 valence electrons. The van der Waals surface area contributed by atoms with Gasteiger partial charge in [-0.25, -0.2) is 0 Å². The van der Waals surface area contributed by atoms with Gasteiger partial charge < -0.3 is 10.4 Å². The second kappa shape index (κ2) is 6.88. The Morgan fingerprint density at radius 3 is 3.00 bits per heavy atom. The van der Waals surface area contributed by atoms with E-state index in [1.54, 1.807) is 0 Å². The molecule has 1 saturated heterocycles. The van der Waals surface area contributed by atoms with Crippen LogP contribution in [-0.2, 0) is 0 Å². The maximum absolute atomic E-state index is 9.39. The van der Waals surface area contributed by atoms with Crippen molar-refractivity contribution in [2.75, 3.05) is 26.2 Å². The average Bonchev–Trinajstić information content (AvgIpc) is 3.14. The molecule has 0 spiro atoms. The van der Waals surface area contributed by atoms with E-state index in [1.807, 2.05) is 11.3 Å². The highest BCUT2D eigenvalue weighted by Gasteiger charge is 2.23. The van der Waals surface area contributed by atoms with Gasteiger partial charge >= 0.3 is 0 Å². The van der Waals surface area contributed by atoms with Crippen molar-refractivity contribution in [2.24, 2.45) is 0 Å². The maximum Gasteiger partial charge on any atom is 0.0558 e. The van der Waals surface area contributed by atoms with E-state index in [-0.39, 0.29) is 6.61 Å². The summed E-state index contributed by atoms with van der Waals surface area (Å²) in [5.41, 5.74) is 0. The highest BCUT2D eigenvalue weighted by atomic mass is 32.1. The summed E-state index contributed by atoms with van der Waals surface area (Å²) < 4.78 is 1.35. The molecular formula is C17H24N2OS. The number of rotatable bonds is 6. The molecule has 2 N–H and O–H groups in total. The molecule has 1 aliphatic rings. The second-order valence-corrected chi connectivity index (χ2v) is 6.99. The molecule has 0 amide bonds. The second-order valence-electron chi connectivity index (χ2n) is 5.87. The van der Waals surface area contributed by atoms with Gasteiger partial charge in [0.25, 0.3) is 0 Å². The smallest absolute Gasteiger partial charge is 0.0558 e. The van der Waals surface area contributed by atoms with Crippen LogP contribution in [0.4, 0.5) is 0 Å². The molecule has 0 radical (unpaired) electrons. The molecule has 1 aromatic heterocycles. The minimum atomic E-state index is 0.224. The van der Waals surface area contributed by atoms with Crippen LogP contribution in [0.25, 0.3) is 10.1 Å². The van der Waals surface area contributed by atoms with Gasteiger partial charge in [0.05, 0.1) is 6.61 Å². The van der Waals surface area contributed by atoms with Crippen LogP contribution >= 0.6 is 11.3 Å². The fourth-order valence-electron chi connectivity index (χ4n) is 3.16. The summed E-state index contributed by atoms with van der Waals surface area (Å²) in [5, 5.41) is 14.3. The van der Waals surface area contributed by atoms with Gasteiger partial charge in [-0.3, -0.25) is 4.90 Å². The van der Waals surface area contributed by atoms with Crippen molar-refractivity contribution in [3.8, 4) is 0 Å². The summed E-state index contributed by atoms with van der Waals surface area (Å²) in [6.07, 6.45) is 2.52. The van der Waals surface area contributed by atoms with Gasteiger partial charge in [0.1, 0.15) is 0 Å². The van der Waals surface area contributed by atoms with E-state index in [2.05, 4.69) is 47.5 Å². The zero-order valence-corrected chi connectivity index (χ0v) is 13.4. The molecule has 0 bridgehead atoms. The zero-order valence-electron chi connectivity index (χ0n) is 12.6. The molecule has 3 nitrogen and oxygen atoms in total. The lowest BCUT2D eigenvalue weighted by Crippen LogP contribution is -2.40. The minimum absolute atomic E-state index is 0.224. The summed E-state index contributed by atoms with van der Waals surface area (Å²) in [4.78, 5) is 3.80. The van der Waals surface area contributed by atoms with E-state index < -0.39 is 0 Å². The Morgan fingerprint density at radius 1 is 1.43 bits per heavy atom. The van der Waals surface area contributed by atoms with Crippen LogP contribution in [0.1, 0.15) is 30.7 Å². The van der Waals surface area contributed by atoms with E-state index in [1.165, 1.54) is 27.8 Å². The van der Waals surface area contributed by atoms with Crippen molar-refractivity contribution in [3.63, 3.8) is 0 Å². The first-order chi connectivity index (χ1) is 10.3. The van der Waals surface area contributed by atoms with E-state index in [0.29, 0.717) is 12.1 Å². The predicted molar refractivity (Wildman–Crippen MR) is 89.9 cm³/mol. The molecular weight excluding hydrogens is 280 g/mol. The standard InChI is InChI=1S/C17H24N2OS/c1-13(17-11-14-5-2-3-7-16(14)21-17)19(9-10-20)12-15-6-4-8-18-15/h2-3,5,7,11,13,15,18,20H,4,6,8-10,12H2,1H3. The summed E-state index contributed by atoms with van der Waals surface area (Å²) in [6.45, 7) is 5.38. The topological polar surface area (TPSA) is 35.5 Å². The predicted octanol–water partition coefficient (Wildman–Crippen LogP) is 3.01. The van der Waals surface area contributed by atoms with Crippen molar-refractivity contribution in [3.05, 3.63) is 35.2 Å². The van der Waals surface area contributed by atoms with Crippen molar-refractivity contribution in [1.82, 2.24) is 10.2 Å². The largest absolute Gasteiger partial charge is 0.395 e. The lowest BCUT2D eigenvalue weighted by molar-refractivity contribution is 0.149. The molecule has 0 saturated carbocycles. The third-order valence-electron chi connectivity index (χ3n) is 4.41. The van der Waals surface area contributed by atoms with Gasteiger partial charge in [0.15, 0.2) is 0 Å². The Balaban J connectivity index is 1.76. The third-order valence-corrected chi connectivity index (χ3v) is 5.69. The van der Waals surface area contributed by atoms with E-state index in [0.717, 1.165) is 19.6 Å². The van der Waals surface area contributed by atoms with Gasteiger partial charge in [-0.1, -0.05) is 18.2 Å². The minimum Gasteiger partial charge on any atom is -0.395 e. The Morgan fingerprint density at radius 2 is 2.29 bits per heavy atom. The molecule has 2 unspecified atom stereocenters. The molecule has 3 rings (SSSR count). The van der Waals surface area contributed by atoms with Crippen LogP contribution in [0.2, 0.25) is 0 Å². The number of nitrogens with one attached hydrogen (secondary N) is 1. The highest BCUT2D eigenvalue weighted by Crippen LogP contribution is 2.32. The van der Waals surface area contributed by atoms with Crippen molar-refractivity contribution in [2.45, 2.75) is 31.8 Å². The lowest BCUT2D eigenvalue weighted by atomic mass is 10.1. The van der Waals surface area contributed by atoms with Crippen LogP contribution in [0.3, 0.4) is 0 Å². The maximum atomic E-state index is 9.39. The Hall–Kier alpha value is -0.940. The Labute approximate surface area is 130 Å². The van der Waals surface area contributed by atoms with E-state index >= 15 is 0 Å². The third kappa shape index (κ3) is 3.46. The van der Waals surface area contributed by atoms with Gasteiger partial charge in [-0.15, -0.1) is 11.3 Å². The van der Waals surface area contributed by atoms with Crippen LogP contribution in [0.5, 0.6) is 0 Å². The zero-order chi connectivity index (χ0) is 14.7. The summed E-state index contributed by atoms with van der Waals surface area (Å²) in [6, 6.07) is 11.8. The molecule has 1 fully saturated rings. The molecule has 2 atom stereocenters. The van der Waals surface area contributed by atoms with Gasteiger partial charge in [0.2, 0.25) is 0 Å². The first-order valence-corrected chi connectivity index (χ1v) is 8.66. The SMILES string of the molecule is CC(c1cc2ccccc2s1)N(CCO)CC1CCCN1. The van der Waals surface area contributed by atoms with Crippen LogP contribution in [0.15, 0.2) is 30.3 Å². The van der Waals surface area contributed by atoms with Crippen molar-refractivity contribution in [1.29, 1.82) is 0 Å². The first-order valence-electron chi connectivity index (χ1n) is 7.84. The van der Waals surface area contributed by atoms with Gasteiger partial charge in [-0.2, -0.15) is 0 Å². The highest BCUT2D eigenvalue weighted by molar-refractivity contribution is 7.19. The average molecular weight is 304 g/mol. The van der Waals surface area contributed by atoms with Gasteiger partial charge in [0, 0.05) is 34.8 Å². The van der Waals surface area contributed by atoms with Gasteiger partial charge in [-0.05, 0) is 43.8 Å². The molecule has 4 heteroatoms. The fourth-order valence-corrected chi connectivity index (χ4v) is 4.31. The van der Waals surface area contributed by atoms with Crippen molar-refractivity contribution < 1.29 is 5.11 Å². The number of thiophene rings is 1. The number of hydrogen-bond donors (Lipinski definition) is 2. The number of hydrogen-bond acceptors (Lipinski definition) is 4. The van der Waals surface area contributed by atoms with E-state index in [9.17, 15) is 5.11 Å².